The van der Waals surface area contributed by atoms with E-state index in [4.69, 9.17) is 23.7 Å². The number of esters is 1. The number of cyclic esters (lactones) is 1. The highest BCUT2D eigenvalue weighted by atomic mass is 16.8. The van der Waals surface area contributed by atoms with Gasteiger partial charge >= 0.3 is 5.97 Å². The monoisotopic (exact) mass is 232 g/mol. The Balaban J connectivity index is 1.94. The van der Waals surface area contributed by atoms with Crippen LogP contribution in [0.1, 0.15) is 13.8 Å². The third-order valence-corrected chi connectivity index (χ3v) is 2.48. The van der Waals surface area contributed by atoms with E-state index in [0.717, 1.165) is 0 Å². The van der Waals surface area contributed by atoms with Crippen LogP contribution in [0.5, 0.6) is 0 Å². The van der Waals surface area contributed by atoms with E-state index in [-0.39, 0.29) is 25.5 Å². The van der Waals surface area contributed by atoms with Crippen molar-refractivity contribution in [2.24, 2.45) is 0 Å². The highest BCUT2D eigenvalue weighted by Gasteiger charge is 2.55. The molecule has 0 aromatic carbocycles. The summed E-state index contributed by atoms with van der Waals surface area (Å²) in [6, 6.07) is 0. The molecule has 0 amide bonds. The summed E-state index contributed by atoms with van der Waals surface area (Å²) in [7, 11) is 1.53. The van der Waals surface area contributed by atoms with Gasteiger partial charge in [-0.2, -0.15) is 0 Å². The Morgan fingerprint density at radius 1 is 1.38 bits per heavy atom. The summed E-state index contributed by atoms with van der Waals surface area (Å²) in [6.45, 7) is 3.95. The van der Waals surface area contributed by atoms with Gasteiger partial charge in [0.25, 0.3) is 0 Å². The van der Waals surface area contributed by atoms with Crippen molar-refractivity contribution >= 4 is 5.97 Å². The molecule has 0 bridgehead atoms. The molecule has 16 heavy (non-hydrogen) atoms. The summed E-state index contributed by atoms with van der Waals surface area (Å²) in [5, 5.41) is 0. The van der Waals surface area contributed by atoms with Crippen LogP contribution < -0.4 is 0 Å². The average molecular weight is 232 g/mol. The minimum atomic E-state index is -0.742. The molecule has 0 saturated carbocycles. The van der Waals surface area contributed by atoms with Gasteiger partial charge in [0.15, 0.2) is 18.0 Å². The summed E-state index contributed by atoms with van der Waals surface area (Å²) < 4.78 is 26.0. The summed E-state index contributed by atoms with van der Waals surface area (Å²) in [5.41, 5.74) is 0. The number of methoxy groups -OCH3 is 1. The molecule has 0 aromatic heterocycles. The van der Waals surface area contributed by atoms with Crippen molar-refractivity contribution in [3.05, 3.63) is 0 Å². The van der Waals surface area contributed by atoms with Gasteiger partial charge < -0.3 is 23.7 Å². The third kappa shape index (κ3) is 2.20. The van der Waals surface area contributed by atoms with Gasteiger partial charge in [-0.3, -0.25) is 0 Å². The molecule has 2 heterocycles. The molecule has 6 heteroatoms. The number of carbonyl (C=O) groups is 1. The van der Waals surface area contributed by atoms with Crippen LogP contribution in [0.25, 0.3) is 0 Å². The lowest BCUT2D eigenvalue weighted by Crippen LogP contribution is -2.33. The second kappa shape index (κ2) is 4.29. The van der Waals surface area contributed by atoms with Crippen molar-refractivity contribution in [1.82, 2.24) is 0 Å². The lowest BCUT2D eigenvalue weighted by molar-refractivity contribution is -0.192. The fourth-order valence-corrected chi connectivity index (χ4v) is 1.90. The normalized spacial score (nSPS) is 36.2. The highest BCUT2D eigenvalue weighted by Crippen LogP contribution is 2.35. The SMILES string of the molecule is COCOC[C@H]1OC(=O)[C@@H]2OC(C)(C)O[C@H]12. The number of fused-ring (bicyclic) bond motifs is 1. The van der Waals surface area contributed by atoms with E-state index in [9.17, 15) is 4.79 Å². The topological polar surface area (TPSA) is 63.2 Å². The van der Waals surface area contributed by atoms with Gasteiger partial charge in [-0.05, 0) is 13.8 Å². The highest BCUT2D eigenvalue weighted by molar-refractivity contribution is 5.78. The zero-order chi connectivity index (χ0) is 11.8. The van der Waals surface area contributed by atoms with Crippen molar-refractivity contribution in [1.29, 1.82) is 0 Å². The molecule has 92 valence electrons. The van der Waals surface area contributed by atoms with E-state index in [1.165, 1.54) is 7.11 Å². The maximum Gasteiger partial charge on any atom is 0.338 e. The molecule has 0 N–H and O–H groups in total. The average Bonchev–Trinajstić information content (AvgIpc) is 2.64. The predicted molar refractivity (Wildman–Crippen MR) is 51.5 cm³/mol. The van der Waals surface area contributed by atoms with Crippen molar-refractivity contribution in [3.63, 3.8) is 0 Å². The van der Waals surface area contributed by atoms with Gasteiger partial charge in [0.2, 0.25) is 0 Å². The fourth-order valence-electron chi connectivity index (χ4n) is 1.90. The summed E-state index contributed by atoms with van der Waals surface area (Å²) in [4.78, 5) is 11.5. The fraction of sp³-hybridized carbons (Fsp3) is 0.900. The van der Waals surface area contributed by atoms with Crippen LogP contribution in [-0.2, 0) is 28.5 Å². The predicted octanol–water partition coefficient (Wildman–Crippen LogP) is 0.0524. The maximum atomic E-state index is 11.5. The third-order valence-electron chi connectivity index (χ3n) is 2.48. The molecule has 2 aliphatic rings. The quantitative estimate of drug-likeness (QED) is 0.388. The van der Waals surface area contributed by atoms with Crippen LogP contribution in [0.3, 0.4) is 0 Å². The molecule has 0 aromatic rings. The number of hydrogen-bond acceptors (Lipinski definition) is 6. The van der Waals surface area contributed by atoms with Crippen molar-refractivity contribution < 1.29 is 28.5 Å². The second-order valence-corrected chi connectivity index (χ2v) is 4.27. The van der Waals surface area contributed by atoms with Crippen molar-refractivity contribution in [2.75, 3.05) is 20.5 Å². The van der Waals surface area contributed by atoms with Gasteiger partial charge in [-0.25, -0.2) is 4.79 Å². The molecule has 6 nitrogen and oxygen atoms in total. The van der Waals surface area contributed by atoms with Crippen LogP contribution in [-0.4, -0.2) is 50.6 Å². The van der Waals surface area contributed by atoms with E-state index in [1.54, 1.807) is 13.8 Å². The summed E-state index contributed by atoms with van der Waals surface area (Å²) >= 11 is 0. The molecular weight excluding hydrogens is 216 g/mol. The standard InChI is InChI=1S/C10H16O6/c1-10(2)15-7-6(4-13-5-12-3)14-9(11)8(7)16-10/h6-8H,4-5H2,1-3H3/t6-,7-,8-/m1/s1. The first-order valence-electron chi connectivity index (χ1n) is 5.16. The first-order chi connectivity index (χ1) is 7.53. The van der Waals surface area contributed by atoms with Crippen LogP contribution in [0.15, 0.2) is 0 Å². The van der Waals surface area contributed by atoms with Crippen LogP contribution in [0.4, 0.5) is 0 Å². The molecule has 2 aliphatic heterocycles. The van der Waals surface area contributed by atoms with Gasteiger partial charge in [-0.15, -0.1) is 0 Å². The molecule has 2 rings (SSSR count). The zero-order valence-corrected chi connectivity index (χ0v) is 9.60. The minimum absolute atomic E-state index is 0.162. The molecule has 0 unspecified atom stereocenters. The smallest absolute Gasteiger partial charge is 0.338 e. The largest absolute Gasteiger partial charge is 0.455 e. The van der Waals surface area contributed by atoms with Gasteiger partial charge in [0, 0.05) is 7.11 Å². The van der Waals surface area contributed by atoms with E-state index < -0.39 is 18.0 Å². The Bertz CT molecular complexity index is 276. The lowest BCUT2D eigenvalue weighted by Gasteiger charge is -2.21. The number of ether oxygens (including phenoxy) is 5. The van der Waals surface area contributed by atoms with E-state index >= 15 is 0 Å². The molecule has 2 fully saturated rings. The number of hydrogen-bond donors (Lipinski definition) is 0. The van der Waals surface area contributed by atoms with Crippen LogP contribution in [0.2, 0.25) is 0 Å². The maximum absolute atomic E-state index is 11.5. The Kier molecular flexibility index (Phi) is 3.16. The molecule has 2 saturated heterocycles. The summed E-state index contributed by atoms with van der Waals surface area (Å²) in [6.07, 6.45) is -1.44. The number of carbonyl (C=O) groups excluding carboxylic acids is 1. The molecule has 0 aliphatic carbocycles. The van der Waals surface area contributed by atoms with E-state index in [0.29, 0.717) is 0 Å². The van der Waals surface area contributed by atoms with Gasteiger partial charge in [0.05, 0.1) is 6.61 Å². The summed E-state index contributed by atoms with van der Waals surface area (Å²) in [5.74, 6) is -1.13. The molecule has 3 atom stereocenters. The lowest BCUT2D eigenvalue weighted by atomic mass is 10.1. The Hall–Kier alpha value is -0.690. The van der Waals surface area contributed by atoms with Crippen LogP contribution >= 0.6 is 0 Å². The van der Waals surface area contributed by atoms with Crippen molar-refractivity contribution in [2.45, 2.75) is 37.9 Å². The molecular formula is C10H16O6. The van der Waals surface area contributed by atoms with Gasteiger partial charge in [0.1, 0.15) is 12.9 Å². The molecule has 0 radical (unpaired) electrons. The Morgan fingerprint density at radius 2 is 2.12 bits per heavy atom. The van der Waals surface area contributed by atoms with E-state index in [1.807, 2.05) is 0 Å². The van der Waals surface area contributed by atoms with Gasteiger partial charge in [-0.1, -0.05) is 0 Å². The Labute approximate surface area is 93.7 Å². The Morgan fingerprint density at radius 3 is 2.81 bits per heavy atom. The second-order valence-electron chi connectivity index (χ2n) is 4.27. The van der Waals surface area contributed by atoms with Crippen molar-refractivity contribution in [3.8, 4) is 0 Å². The first kappa shape index (κ1) is 11.8. The first-order valence-corrected chi connectivity index (χ1v) is 5.16. The van der Waals surface area contributed by atoms with Crippen LogP contribution in [0, 0.1) is 0 Å². The zero-order valence-electron chi connectivity index (χ0n) is 9.60. The molecule has 0 spiro atoms. The van der Waals surface area contributed by atoms with E-state index in [2.05, 4.69) is 0 Å². The minimum Gasteiger partial charge on any atom is -0.455 e. The number of rotatable bonds is 4.